The van der Waals surface area contributed by atoms with Gasteiger partial charge in [0.25, 0.3) is 0 Å². The Morgan fingerprint density at radius 1 is 1.13 bits per heavy atom. The van der Waals surface area contributed by atoms with Crippen LogP contribution in [0.5, 0.6) is 5.75 Å². The lowest BCUT2D eigenvalue weighted by Crippen LogP contribution is -2.36. The Hall–Kier alpha value is -2.22. The summed E-state index contributed by atoms with van der Waals surface area (Å²) in [5.41, 5.74) is 6.14. The van der Waals surface area contributed by atoms with Crippen molar-refractivity contribution in [2.75, 3.05) is 19.7 Å². The minimum absolute atomic E-state index is 0.121. The molecule has 1 aromatic carbocycles. The second-order valence-corrected chi connectivity index (χ2v) is 12.7. The third kappa shape index (κ3) is 7.67. The van der Waals surface area contributed by atoms with E-state index in [9.17, 15) is 14.7 Å². The lowest BCUT2D eigenvalue weighted by Gasteiger charge is -2.30. The number of nitrogens with one attached hydrogen (secondary N) is 1. The topological polar surface area (TPSA) is 95.9 Å². The number of ether oxygens (including phenoxy) is 1. The number of carboxylic acid groups (broad SMARTS) is 1. The number of aliphatic carboxylic acids is 1. The number of fused-ring (bicyclic) bond motifs is 1. The van der Waals surface area contributed by atoms with E-state index in [0.29, 0.717) is 31.2 Å². The molecule has 0 amide bonds. The van der Waals surface area contributed by atoms with Crippen LogP contribution in [0.3, 0.4) is 0 Å². The number of hydrogen-bond acceptors (Lipinski definition) is 6. The minimum atomic E-state index is -0.830. The van der Waals surface area contributed by atoms with Crippen molar-refractivity contribution in [2.45, 2.75) is 92.6 Å². The SMILES string of the molecule is CCc1sc(C(=O)CCc2cc(C)c(OCC(O)CNCC(CC)C(=O)O)c(C)c2)c2c1CC(C)(C)CC2. The summed E-state index contributed by atoms with van der Waals surface area (Å²) in [6.07, 6.45) is 5.18. The molecule has 210 valence electrons. The predicted octanol–water partition coefficient (Wildman–Crippen LogP) is 5.70. The fraction of sp³-hybridized carbons (Fsp3) is 0.613. The van der Waals surface area contributed by atoms with Crippen LogP contribution in [0.1, 0.15) is 89.3 Å². The zero-order valence-corrected chi connectivity index (χ0v) is 24.7. The third-order valence-corrected chi connectivity index (χ3v) is 9.14. The molecule has 2 unspecified atom stereocenters. The molecule has 2 aromatic rings. The number of aliphatic hydroxyl groups is 1. The molecule has 6 nitrogen and oxygen atoms in total. The number of rotatable bonds is 14. The molecule has 7 heteroatoms. The quantitative estimate of drug-likeness (QED) is 0.265. The van der Waals surface area contributed by atoms with Gasteiger partial charge in [0.15, 0.2) is 5.78 Å². The van der Waals surface area contributed by atoms with Crippen molar-refractivity contribution in [3.05, 3.63) is 49.7 Å². The lowest BCUT2D eigenvalue weighted by molar-refractivity contribution is -0.141. The van der Waals surface area contributed by atoms with Gasteiger partial charge in [-0.05, 0) is 85.6 Å². The summed E-state index contributed by atoms with van der Waals surface area (Å²) in [4.78, 5) is 26.8. The highest BCUT2D eigenvalue weighted by atomic mass is 32.1. The monoisotopic (exact) mass is 543 g/mol. The molecule has 0 bridgehead atoms. The van der Waals surface area contributed by atoms with Crippen molar-refractivity contribution in [3.63, 3.8) is 0 Å². The van der Waals surface area contributed by atoms with Crippen molar-refractivity contribution in [3.8, 4) is 5.75 Å². The third-order valence-electron chi connectivity index (χ3n) is 7.68. The first kappa shape index (κ1) is 30.3. The van der Waals surface area contributed by atoms with Crippen LogP contribution in [0.15, 0.2) is 12.1 Å². The Labute approximate surface area is 231 Å². The van der Waals surface area contributed by atoms with E-state index in [1.165, 1.54) is 16.0 Å². The van der Waals surface area contributed by atoms with Crippen LogP contribution in [0.2, 0.25) is 0 Å². The van der Waals surface area contributed by atoms with Gasteiger partial charge >= 0.3 is 5.97 Å². The molecule has 0 radical (unpaired) electrons. The molecule has 2 atom stereocenters. The molecule has 0 fully saturated rings. The summed E-state index contributed by atoms with van der Waals surface area (Å²) >= 11 is 1.72. The standard InChI is InChI=1S/C31H45NO5S/c1-7-22(30(35)36)16-32-17-23(33)18-37-28-19(3)13-21(14-20(28)4)9-10-26(34)29-24-11-12-31(5,6)15-25(24)27(8-2)38-29/h13-14,22-23,32-33H,7-12,15-18H2,1-6H3,(H,35,36). The molecule has 0 spiro atoms. The number of carbonyl (C=O) groups excluding carboxylic acids is 1. The fourth-order valence-electron chi connectivity index (χ4n) is 5.41. The van der Waals surface area contributed by atoms with Gasteiger partial charge in [-0.25, -0.2) is 0 Å². The van der Waals surface area contributed by atoms with Gasteiger partial charge in [0, 0.05) is 24.4 Å². The first-order valence-corrected chi connectivity index (χ1v) is 14.8. The highest BCUT2D eigenvalue weighted by molar-refractivity contribution is 7.14. The number of benzene rings is 1. The summed E-state index contributed by atoms with van der Waals surface area (Å²) < 4.78 is 5.93. The van der Waals surface area contributed by atoms with Crippen molar-refractivity contribution < 1.29 is 24.5 Å². The average molecular weight is 544 g/mol. The molecule has 1 aromatic heterocycles. The molecule has 1 heterocycles. The van der Waals surface area contributed by atoms with Gasteiger partial charge < -0.3 is 20.3 Å². The molecule has 1 aliphatic rings. The van der Waals surface area contributed by atoms with Crippen molar-refractivity contribution in [1.29, 1.82) is 0 Å². The maximum absolute atomic E-state index is 13.3. The Morgan fingerprint density at radius 3 is 2.42 bits per heavy atom. The van der Waals surface area contributed by atoms with Gasteiger partial charge in [-0.1, -0.05) is 39.8 Å². The van der Waals surface area contributed by atoms with Gasteiger partial charge in [-0.15, -0.1) is 11.3 Å². The van der Waals surface area contributed by atoms with E-state index in [0.717, 1.165) is 53.0 Å². The Bertz CT molecular complexity index is 1110. The highest BCUT2D eigenvalue weighted by Gasteiger charge is 2.31. The van der Waals surface area contributed by atoms with Crippen LogP contribution in [-0.2, 0) is 30.5 Å². The number of aliphatic hydroxyl groups excluding tert-OH is 1. The smallest absolute Gasteiger partial charge is 0.307 e. The zero-order valence-electron chi connectivity index (χ0n) is 23.9. The van der Waals surface area contributed by atoms with E-state index in [1.54, 1.807) is 11.3 Å². The molecule has 0 saturated carbocycles. The van der Waals surface area contributed by atoms with Crippen LogP contribution in [0.25, 0.3) is 0 Å². The zero-order chi connectivity index (χ0) is 28.0. The predicted molar refractivity (Wildman–Crippen MR) is 154 cm³/mol. The van der Waals surface area contributed by atoms with Gasteiger partial charge in [0.1, 0.15) is 18.5 Å². The Morgan fingerprint density at radius 2 is 1.82 bits per heavy atom. The van der Waals surface area contributed by atoms with Gasteiger partial charge in [0.05, 0.1) is 10.8 Å². The van der Waals surface area contributed by atoms with E-state index in [-0.39, 0.29) is 18.9 Å². The van der Waals surface area contributed by atoms with E-state index < -0.39 is 18.0 Å². The summed E-state index contributed by atoms with van der Waals surface area (Å²) in [5, 5.41) is 22.4. The van der Waals surface area contributed by atoms with E-state index in [1.807, 2.05) is 20.8 Å². The van der Waals surface area contributed by atoms with Crippen molar-refractivity contribution in [1.82, 2.24) is 5.32 Å². The minimum Gasteiger partial charge on any atom is -0.490 e. The van der Waals surface area contributed by atoms with Gasteiger partial charge in [-0.3, -0.25) is 9.59 Å². The number of carbonyl (C=O) groups is 2. The Balaban J connectivity index is 1.56. The highest BCUT2D eigenvalue weighted by Crippen LogP contribution is 2.42. The van der Waals surface area contributed by atoms with Crippen LogP contribution in [0.4, 0.5) is 0 Å². The first-order valence-electron chi connectivity index (χ1n) is 14.0. The average Bonchev–Trinajstić information content (AvgIpc) is 3.21. The molecule has 1 aliphatic carbocycles. The molecule has 3 rings (SSSR count). The number of ketones is 1. The lowest BCUT2D eigenvalue weighted by atomic mass is 9.74. The number of aryl methyl sites for hydroxylation is 4. The summed E-state index contributed by atoms with van der Waals surface area (Å²) in [6.45, 7) is 13.4. The summed E-state index contributed by atoms with van der Waals surface area (Å²) in [6, 6.07) is 4.14. The molecule has 38 heavy (non-hydrogen) atoms. The number of Topliss-reactive ketones (excluding diaryl/α,β-unsaturated/α-hetero) is 1. The van der Waals surface area contributed by atoms with E-state index >= 15 is 0 Å². The second-order valence-electron chi connectivity index (χ2n) is 11.6. The molecule has 3 N–H and O–H groups in total. The molecular weight excluding hydrogens is 498 g/mol. The second kappa shape index (κ2) is 13.2. The fourth-order valence-corrected chi connectivity index (χ4v) is 6.69. The summed E-state index contributed by atoms with van der Waals surface area (Å²) in [7, 11) is 0. The van der Waals surface area contributed by atoms with Gasteiger partial charge in [-0.2, -0.15) is 0 Å². The molecular formula is C31H45NO5S. The van der Waals surface area contributed by atoms with Crippen LogP contribution in [0, 0.1) is 25.2 Å². The van der Waals surface area contributed by atoms with Gasteiger partial charge in [0.2, 0.25) is 0 Å². The van der Waals surface area contributed by atoms with Crippen molar-refractivity contribution in [2.24, 2.45) is 11.3 Å². The van der Waals surface area contributed by atoms with Crippen LogP contribution >= 0.6 is 11.3 Å². The largest absolute Gasteiger partial charge is 0.490 e. The number of hydrogen-bond donors (Lipinski definition) is 3. The Kier molecular flexibility index (Phi) is 10.6. The normalized spacial score (nSPS) is 16.1. The maximum atomic E-state index is 13.3. The first-order chi connectivity index (χ1) is 18.0. The number of thiophene rings is 1. The summed E-state index contributed by atoms with van der Waals surface area (Å²) in [5.74, 6) is -0.287. The number of carboxylic acids is 1. The van der Waals surface area contributed by atoms with E-state index in [4.69, 9.17) is 9.84 Å². The van der Waals surface area contributed by atoms with Crippen LogP contribution in [-0.4, -0.2) is 47.8 Å². The molecule has 0 aliphatic heterocycles. The van der Waals surface area contributed by atoms with Crippen LogP contribution < -0.4 is 10.1 Å². The van der Waals surface area contributed by atoms with E-state index in [2.05, 4.69) is 38.2 Å². The maximum Gasteiger partial charge on any atom is 0.307 e. The van der Waals surface area contributed by atoms with Crippen molar-refractivity contribution >= 4 is 23.1 Å². The molecule has 0 saturated heterocycles.